The molecule has 0 saturated heterocycles. The summed E-state index contributed by atoms with van der Waals surface area (Å²) in [6.45, 7) is 1.47. The zero-order valence-corrected chi connectivity index (χ0v) is 15.2. The molecule has 0 saturated carbocycles. The van der Waals surface area contributed by atoms with E-state index in [9.17, 15) is 22.8 Å². The zero-order valence-electron chi connectivity index (χ0n) is 15.2. The number of nitrogens with one attached hydrogen (secondary N) is 2. The van der Waals surface area contributed by atoms with Gasteiger partial charge in [-0.1, -0.05) is 6.07 Å². The van der Waals surface area contributed by atoms with Gasteiger partial charge in [-0.2, -0.15) is 13.2 Å². The summed E-state index contributed by atoms with van der Waals surface area (Å²) in [6.07, 6.45) is -3.09. The van der Waals surface area contributed by atoms with Crippen molar-refractivity contribution in [3.63, 3.8) is 0 Å². The number of ketones is 1. The van der Waals surface area contributed by atoms with Gasteiger partial charge in [-0.25, -0.2) is 0 Å². The van der Waals surface area contributed by atoms with Crippen molar-refractivity contribution >= 4 is 28.8 Å². The van der Waals surface area contributed by atoms with Gasteiger partial charge in [0.05, 0.1) is 5.56 Å². The molecule has 5 nitrogen and oxygen atoms in total. The number of Topliss-reactive ketones (excluding diaryl/α,β-unsaturated/α-hetero) is 1. The second kappa shape index (κ2) is 8.14. The van der Waals surface area contributed by atoms with Gasteiger partial charge in [0.1, 0.15) is 5.69 Å². The summed E-state index contributed by atoms with van der Waals surface area (Å²) < 4.78 is 38.4. The molecule has 0 unspecified atom stereocenters. The van der Waals surface area contributed by atoms with Gasteiger partial charge in [0.15, 0.2) is 5.78 Å². The highest BCUT2D eigenvalue weighted by atomic mass is 19.4. The van der Waals surface area contributed by atoms with Crippen molar-refractivity contribution in [2.75, 3.05) is 10.6 Å². The smallest absolute Gasteiger partial charge is 0.355 e. The van der Waals surface area contributed by atoms with Crippen LogP contribution in [0.25, 0.3) is 0 Å². The van der Waals surface area contributed by atoms with Crippen LogP contribution in [0.3, 0.4) is 0 Å². The number of nitrogens with zero attached hydrogens (tertiary/aromatic N) is 1. The molecule has 0 aliphatic heterocycles. The number of rotatable bonds is 5. The topological polar surface area (TPSA) is 71.1 Å². The van der Waals surface area contributed by atoms with Gasteiger partial charge < -0.3 is 10.6 Å². The fraction of sp³-hybridized carbons (Fsp3) is 0.0952. The molecule has 1 amide bonds. The van der Waals surface area contributed by atoms with Gasteiger partial charge in [0.2, 0.25) is 0 Å². The Labute approximate surface area is 164 Å². The Hall–Kier alpha value is -3.68. The molecule has 0 aliphatic rings. The summed E-state index contributed by atoms with van der Waals surface area (Å²) >= 11 is 0. The first kappa shape index (κ1) is 20.1. The second-order valence-corrected chi connectivity index (χ2v) is 6.22. The van der Waals surface area contributed by atoms with Crippen molar-refractivity contribution in [2.24, 2.45) is 0 Å². The first-order valence-corrected chi connectivity index (χ1v) is 8.55. The molecular formula is C21H16F3N3O2. The number of pyridine rings is 1. The minimum atomic E-state index is -4.50. The second-order valence-electron chi connectivity index (χ2n) is 6.22. The average Bonchev–Trinajstić information content (AvgIpc) is 2.68. The normalized spacial score (nSPS) is 11.0. The maximum absolute atomic E-state index is 12.8. The van der Waals surface area contributed by atoms with Crippen LogP contribution < -0.4 is 10.6 Å². The molecular weight excluding hydrogens is 383 g/mol. The quantitative estimate of drug-likeness (QED) is 0.571. The number of alkyl halides is 3. The van der Waals surface area contributed by atoms with Gasteiger partial charge in [-0.3, -0.25) is 14.6 Å². The lowest BCUT2D eigenvalue weighted by Crippen LogP contribution is -2.14. The number of carbonyl (C=O) groups excluding carboxylic acids is 2. The van der Waals surface area contributed by atoms with Crippen LogP contribution in [0, 0.1) is 0 Å². The Morgan fingerprint density at radius 3 is 2.28 bits per heavy atom. The molecule has 0 radical (unpaired) electrons. The molecule has 0 atom stereocenters. The van der Waals surface area contributed by atoms with Gasteiger partial charge in [0.25, 0.3) is 5.91 Å². The van der Waals surface area contributed by atoms with Crippen molar-refractivity contribution in [2.45, 2.75) is 13.1 Å². The van der Waals surface area contributed by atoms with E-state index in [-0.39, 0.29) is 17.2 Å². The number of amides is 1. The largest absolute Gasteiger partial charge is 0.416 e. The van der Waals surface area contributed by atoms with Gasteiger partial charge >= 0.3 is 6.18 Å². The SMILES string of the molecule is CC(=O)c1ccc(Nc2ccnc(C(=O)Nc3cccc(C(F)(F)F)c3)c2)cc1. The Morgan fingerprint density at radius 2 is 1.62 bits per heavy atom. The summed E-state index contributed by atoms with van der Waals surface area (Å²) in [5.41, 5.74) is 1.03. The molecule has 2 N–H and O–H groups in total. The molecule has 1 aromatic heterocycles. The molecule has 0 spiro atoms. The highest BCUT2D eigenvalue weighted by Gasteiger charge is 2.30. The van der Waals surface area contributed by atoms with Crippen molar-refractivity contribution in [3.05, 3.63) is 83.7 Å². The van der Waals surface area contributed by atoms with E-state index in [0.29, 0.717) is 16.9 Å². The van der Waals surface area contributed by atoms with E-state index in [1.54, 1.807) is 30.3 Å². The van der Waals surface area contributed by atoms with Crippen LogP contribution in [0.5, 0.6) is 0 Å². The van der Waals surface area contributed by atoms with E-state index < -0.39 is 17.6 Å². The first-order valence-electron chi connectivity index (χ1n) is 8.55. The minimum absolute atomic E-state index is 0.0183. The molecule has 0 fully saturated rings. The van der Waals surface area contributed by atoms with Crippen LogP contribution in [-0.2, 0) is 6.18 Å². The number of anilines is 3. The van der Waals surface area contributed by atoms with E-state index in [2.05, 4.69) is 15.6 Å². The maximum atomic E-state index is 12.8. The molecule has 2 aromatic carbocycles. The highest BCUT2D eigenvalue weighted by molar-refractivity contribution is 6.03. The third-order valence-electron chi connectivity index (χ3n) is 4.02. The molecule has 1 heterocycles. The number of hydrogen-bond donors (Lipinski definition) is 2. The summed E-state index contributed by atoms with van der Waals surface area (Å²) in [4.78, 5) is 27.7. The van der Waals surface area contributed by atoms with E-state index in [4.69, 9.17) is 0 Å². The van der Waals surface area contributed by atoms with Crippen molar-refractivity contribution in [1.82, 2.24) is 4.98 Å². The van der Waals surface area contributed by atoms with E-state index in [1.807, 2.05) is 0 Å². The van der Waals surface area contributed by atoms with E-state index in [1.165, 1.54) is 31.3 Å². The lowest BCUT2D eigenvalue weighted by Gasteiger charge is -2.11. The number of carbonyl (C=O) groups is 2. The van der Waals surface area contributed by atoms with Crippen LogP contribution in [0.15, 0.2) is 66.9 Å². The van der Waals surface area contributed by atoms with E-state index in [0.717, 1.165) is 12.1 Å². The Balaban J connectivity index is 1.73. The molecule has 3 rings (SSSR count). The fourth-order valence-corrected chi connectivity index (χ4v) is 2.56. The predicted molar refractivity (Wildman–Crippen MR) is 103 cm³/mol. The van der Waals surface area contributed by atoms with Crippen molar-refractivity contribution in [3.8, 4) is 0 Å². The number of halogens is 3. The minimum Gasteiger partial charge on any atom is -0.355 e. The molecule has 3 aromatic rings. The Morgan fingerprint density at radius 1 is 0.897 bits per heavy atom. The van der Waals surface area contributed by atoms with Crippen LogP contribution >= 0.6 is 0 Å². The van der Waals surface area contributed by atoms with Gasteiger partial charge in [-0.15, -0.1) is 0 Å². The molecule has 29 heavy (non-hydrogen) atoms. The average molecular weight is 399 g/mol. The summed E-state index contributed by atoms with van der Waals surface area (Å²) in [5, 5.41) is 5.49. The van der Waals surface area contributed by atoms with Crippen LogP contribution in [0.1, 0.15) is 33.3 Å². The number of benzene rings is 2. The van der Waals surface area contributed by atoms with Crippen LogP contribution in [0.2, 0.25) is 0 Å². The fourth-order valence-electron chi connectivity index (χ4n) is 2.56. The van der Waals surface area contributed by atoms with Gasteiger partial charge in [0, 0.05) is 28.8 Å². The van der Waals surface area contributed by atoms with Crippen molar-refractivity contribution < 1.29 is 22.8 Å². The number of aromatic nitrogens is 1. The monoisotopic (exact) mass is 399 g/mol. The Bertz CT molecular complexity index is 1050. The van der Waals surface area contributed by atoms with Crippen LogP contribution in [0.4, 0.5) is 30.2 Å². The predicted octanol–water partition coefficient (Wildman–Crippen LogP) is 5.30. The van der Waals surface area contributed by atoms with Crippen LogP contribution in [-0.4, -0.2) is 16.7 Å². The third-order valence-corrected chi connectivity index (χ3v) is 4.02. The summed E-state index contributed by atoms with van der Waals surface area (Å²) in [6, 6.07) is 14.3. The standard InChI is InChI=1S/C21H16F3N3O2/c1-13(28)14-5-7-16(8-6-14)26-18-9-10-25-19(12-18)20(29)27-17-4-2-3-15(11-17)21(22,23)24/h2-12H,1H3,(H,25,26)(H,27,29). The van der Waals surface area contributed by atoms with E-state index >= 15 is 0 Å². The molecule has 0 aliphatic carbocycles. The molecule has 0 bridgehead atoms. The van der Waals surface area contributed by atoms with Gasteiger partial charge in [-0.05, 0) is 61.5 Å². The molecule has 8 heteroatoms. The van der Waals surface area contributed by atoms with Crippen molar-refractivity contribution in [1.29, 1.82) is 0 Å². The summed E-state index contributed by atoms with van der Waals surface area (Å²) in [5.74, 6) is -0.686. The number of hydrogen-bond acceptors (Lipinski definition) is 4. The molecule has 148 valence electrons. The third kappa shape index (κ3) is 5.19. The lowest BCUT2D eigenvalue weighted by atomic mass is 10.1. The lowest BCUT2D eigenvalue weighted by molar-refractivity contribution is -0.137. The maximum Gasteiger partial charge on any atom is 0.416 e. The summed E-state index contributed by atoms with van der Waals surface area (Å²) in [7, 11) is 0. The zero-order chi connectivity index (χ0) is 21.0. The Kier molecular flexibility index (Phi) is 5.63. The first-order chi connectivity index (χ1) is 13.7. The highest BCUT2D eigenvalue weighted by Crippen LogP contribution is 2.30.